The Labute approximate surface area is 129 Å². The van der Waals surface area contributed by atoms with Crippen LogP contribution in [0, 0.1) is 6.92 Å². The molecule has 0 saturated carbocycles. The molecule has 0 radical (unpaired) electrons. The molecule has 5 heteroatoms. The Kier molecular flexibility index (Phi) is 3.49. The van der Waals surface area contributed by atoms with Crippen LogP contribution >= 0.6 is 11.6 Å². The Morgan fingerprint density at radius 3 is 2.71 bits per heavy atom. The second-order valence-corrected chi connectivity index (χ2v) is 6.01. The molecule has 0 spiro atoms. The number of hydrogen-bond donors (Lipinski definition) is 0. The van der Waals surface area contributed by atoms with Gasteiger partial charge >= 0.3 is 0 Å². The molecular formula is C16H19ClN4. The van der Waals surface area contributed by atoms with Gasteiger partial charge in [0.1, 0.15) is 11.3 Å². The summed E-state index contributed by atoms with van der Waals surface area (Å²) >= 11 is 6.36. The van der Waals surface area contributed by atoms with Gasteiger partial charge in [-0.3, -0.25) is 4.57 Å². The molecule has 1 atom stereocenters. The monoisotopic (exact) mass is 302 g/mol. The van der Waals surface area contributed by atoms with E-state index in [-0.39, 0.29) is 5.38 Å². The van der Waals surface area contributed by atoms with Crippen LogP contribution < -0.4 is 0 Å². The molecule has 0 bridgehead atoms. The molecule has 3 aromatic rings. The lowest BCUT2D eigenvalue weighted by Gasteiger charge is -2.11. The van der Waals surface area contributed by atoms with Crippen LogP contribution in [0.5, 0.6) is 0 Å². The van der Waals surface area contributed by atoms with E-state index in [1.807, 2.05) is 18.7 Å². The molecule has 0 fully saturated rings. The molecule has 110 valence electrons. The average molecular weight is 303 g/mol. The minimum Gasteiger partial charge on any atom is -0.280 e. The Balaban J connectivity index is 2.38. The smallest absolute Gasteiger partial charge is 0.163 e. The van der Waals surface area contributed by atoms with Gasteiger partial charge in [0, 0.05) is 12.7 Å². The minimum atomic E-state index is -0.164. The molecule has 0 aliphatic rings. The molecule has 21 heavy (non-hydrogen) atoms. The van der Waals surface area contributed by atoms with Gasteiger partial charge in [0.2, 0.25) is 0 Å². The van der Waals surface area contributed by atoms with Crippen molar-refractivity contribution in [2.75, 3.05) is 0 Å². The average Bonchev–Trinajstić information content (AvgIpc) is 2.97. The number of alkyl halides is 1. The summed E-state index contributed by atoms with van der Waals surface area (Å²) in [4.78, 5) is 4.76. The maximum absolute atomic E-state index is 6.36. The van der Waals surface area contributed by atoms with Crippen LogP contribution in [0.15, 0.2) is 24.3 Å². The van der Waals surface area contributed by atoms with Gasteiger partial charge in [-0.2, -0.15) is 5.10 Å². The topological polar surface area (TPSA) is 35.6 Å². The Hall–Kier alpha value is -1.81. The SMILES string of the molecule is CCc1nn(C)c2c1nc(C(C)Cl)n2-c1cccc(C)c1. The second-order valence-electron chi connectivity index (χ2n) is 5.36. The molecule has 0 saturated heterocycles. The Bertz CT molecular complexity index is 798. The van der Waals surface area contributed by atoms with Crippen molar-refractivity contribution in [2.24, 2.45) is 7.05 Å². The number of imidazole rings is 1. The van der Waals surface area contributed by atoms with Gasteiger partial charge in [0.25, 0.3) is 0 Å². The number of aryl methyl sites for hydroxylation is 3. The van der Waals surface area contributed by atoms with Crippen LogP contribution in [0.2, 0.25) is 0 Å². The summed E-state index contributed by atoms with van der Waals surface area (Å²) < 4.78 is 4.01. The number of aromatic nitrogens is 4. The molecule has 1 aromatic carbocycles. The van der Waals surface area contributed by atoms with Gasteiger partial charge in [0.05, 0.1) is 11.1 Å². The van der Waals surface area contributed by atoms with Crippen LogP contribution in [0.1, 0.15) is 36.3 Å². The van der Waals surface area contributed by atoms with E-state index in [0.717, 1.165) is 34.8 Å². The third-order valence-electron chi connectivity index (χ3n) is 3.68. The molecule has 0 amide bonds. The zero-order chi connectivity index (χ0) is 15.1. The highest BCUT2D eigenvalue weighted by atomic mass is 35.5. The molecular weight excluding hydrogens is 284 g/mol. The number of hydrogen-bond acceptors (Lipinski definition) is 2. The van der Waals surface area contributed by atoms with E-state index < -0.39 is 0 Å². The van der Waals surface area contributed by atoms with E-state index in [4.69, 9.17) is 16.6 Å². The normalized spacial score (nSPS) is 13.0. The van der Waals surface area contributed by atoms with Gasteiger partial charge in [-0.15, -0.1) is 11.6 Å². The Morgan fingerprint density at radius 1 is 1.33 bits per heavy atom. The van der Waals surface area contributed by atoms with Gasteiger partial charge in [-0.1, -0.05) is 19.1 Å². The lowest BCUT2D eigenvalue weighted by atomic mass is 10.2. The summed E-state index contributed by atoms with van der Waals surface area (Å²) in [5.74, 6) is 0.861. The standard InChI is InChI=1S/C16H19ClN4/c1-5-13-14-16(20(4)19-13)21(15(18-14)11(3)17)12-8-6-7-10(2)9-12/h6-9,11H,5H2,1-4H3. The predicted molar refractivity (Wildman–Crippen MR) is 86.2 cm³/mol. The zero-order valence-corrected chi connectivity index (χ0v) is 13.5. The van der Waals surface area contributed by atoms with Crippen LogP contribution in [0.3, 0.4) is 0 Å². The number of halogens is 1. The highest BCUT2D eigenvalue weighted by molar-refractivity contribution is 6.20. The fourth-order valence-electron chi connectivity index (χ4n) is 2.72. The summed E-state index contributed by atoms with van der Waals surface area (Å²) in [5, 5.41) is 4.40. The van der Waals surface area contributed by atoms with Gasteiger partial charge < -0.3 is 0 Å². The van der Waals surface area contributed by atoms with Gasteiger partial charge in [0.15, 0.2) is 5.65 Å². The molecule has 1 unspecified atom stereocenters. The van der Waals surface area contributed by atoms with E-state index in [2.05, 4.69) is 47.8 Å². The van der Waals surface area contributed by atoms with E-state index in [9.17, 15) is 0 Å². The maximum Gasteiger partial charge on any atom is 0.163 e. The number of fused-ring (bicyclic) bond motifs is 1. The molecule has 0 N–H and O–H groups in total. The Morgan fingerprint density at radius 2 is 2.10 bits per heavy atom. The fraction of sp³-hybridized carbons (Fsp3) is 0.375. The first-order chi connectivity index (χ1) is 10.0. The van der Waals surface area contributed by atoms with Crippen molar-refractivity contribution in [2.45, 2.75) is 32.6 Å². The largest absolute Gasteiger partial charge is 0.280 e. The third kappa shape index (κ3) is 2.23. The number of benzene rings is 1. The van der Waals surface area contributed by atoms with Crippen molar-refractivity contribution in [1.29, 1.82) is 0 Å². The molecule has 4 nitrogen and oxygen atoms in total. The lowest BCUT2D eigenvalue weighted by molar-refractivity contribution is 0.738. The van der Waals surface area contributed by atoms with E-state index >= 15 is 0 Å². The molecule has 2 aromatic heterocycles. The molecule has 0 aliphatic carbocycles. The number of nitrogens with zero attached hydrogens (tertiary/aromatic N) is 4. The first-order valence-electron chi connectivity index (χ1n) is 7.18. The number of rotatable bonds is 3. The first-order valence-corrected chi connectivity index (χ1v) is 7.62. The summed E-state index contributed by atoms with van der Waals surface area (Å²) in [6, 6.07) is 8.36. The second kappa shape index (κ2) is 5.19. The zero-order valence-electron chi connectivity index (χ0n) is 12.8. The summed E-state index contributed by atoms with van der Waals surface area (Å²) in [5.41, 5.74) is 5.24. The van der Waals surface area contributed by atoms with Crippen molar-refractivity contribution in [3.8, 4) is 5.69 Å². The summed E-state index contributed by atoms with van der Waals surface area (Å²) in [7, 11) is 1.96. The van der Waals surface area contributed by atoms with Crippen LogP contribution in [-0.2, 0) is 13.5 Å². The summed E-state index contributed by atoms with van der Waals surface area (Å²) in [6.07, 6.45) is 0.859. The predicted octanol–water partition coefficient (Wildman–Crippen LogP) is 3.93. The van der Waals surface area contributed by atoms with Crippen LogP contribution in [0.25, 0.3) is 16.9 Å². The van der Waals surface area contributed by atoms with Crippen molar-refractivity contribution in [1.82, 2.24) is 19.3 Å². The highest BCUT2D eigenvalue weighted by Crippen LogP contribution is 2.29. The summed E-state index contributed by atoms with van der Waals surface area (Å²) in [6.45, 7) is 6.13. The van der Waals surface area contributed by atoms with Crippen molar-refractivity contribution >= 4 is 22.8 Å². The fourth-order valence-corrected chi connectivity index (χ4v) is 2.87. The van der Waals surface area contributed by atoms with Crippen molar-refractivity contribution in [3.05, 3.63) is 41.3 Å². The van der Waals surface area contributed by atoms with Gasteiger partial charge in [-0.05, 0) is 38.0 Å². The van der Waals surface area contributed by atoms with Crippen LogP contribution in [0.4, 0.5) is 0 Å². The minimum absolute atomic E-state index is 0.164. The quantitative estimate of drug-likeness (QED) is 0.687. The lowest BCUT2D eigenvalue weighted by Crippen LogP contribution is -2.06. The first kappa shape index (κ1) is 14.1. The van der Waals surface area contributed by atoms with E-state index in [1.54, 1.807) is 0 Å². The van der Waals surface area contributed by atoms with E-state index in [1.165, 1.54) is 5.56 Å². The third-order valence-corrected chi connectivity index (χ3v) is 3.88. The van der Waals surface area contributed by atoms with Gasteiger partial charge in [-0.25, -0.2) is 9.67 Å². The van der Waals surface area contributed by atoms with E-state index in [0.29, 0.717) is 0 Å². The molecule has 3 rings (SSSR count). The molecule has 2 heterocycles. The highest BCUT2D eigenvalue weighted by Gasteiger charge is 2.21. The maximum atomic E-state index is 6.36. The molecule has 0 aliphatic heterocycles. The van der Waals surface area contributed by atoms with Crippen LogP contribution in [-0.4, -0.2) is 19.3 Å². The van der Waals surface area contributed by atoms with Crippen molar-refractivity contribution < 1.29 is 0 Å². The van der Waals surface area contributed by atoms with Crippen molar-refractivity contribution in [3.63, 3.8) is 0 Å².